The minimum absolute atomic E-state index is 0.0216. The van der Waals surface area contributed by atoms with Crippen molar-refractivity contribution in [3.8, 4) is 0 Å². The molecule has 0 spiro atoms. The number of aryl methyl sites for hydroxylation is 1. The summed E-state index contributed by atoms with van der Waals surface area (Å²) in [5, 5.41) is 13.7. The van der Waals surface area contributed by atoms with Crippen LogP contribution in [0.4, 0.5) is 22.7 Å². The van der Waals surface area contributed by atoms with Crippen LogP contribution in [0.15, 0.2) is 77.7 Å². The third kappa shape index (κ3) is 5.20. The van der Waals surface area contributed by atoms with Crippen LogP contribution in [0.25, 0.3) is 0 Å². The Hall–Kier alpha value is -4.25. The van der Waals surface area contributed by atoms with E-state index in [1.807, 2.05) is 6.92 Å². The number of anilines is 3. The first-order valence-electron chi connectivity index (χ1n) is 11.2. The fourth-order valence-corrected chi connectivity index (χ4v) is 5.49. The van der Waals surface area contributed by atoms with Crippen molar-refractivity contribution in [2.75, 3.05) is 27.6 Å². The smallest absolute Gasteiger partial charge is 0.269 e. The van der Waals surface area contributed by atoms with Gasteiger partial charge < -0.3 is 10.2 Å². The number of hydrogen-bond acceptors (Lipinski definition) is 6. The van der Waals surface area contributed by atoms with Crippen molar-refractivity contribution in [2.45, 2.75) is 24.7 Å². The number of nitrogens with one attached hydrogen (secondary N) is 1. The van der Waals surface area contributed by atoms with Crippen molar-refractivity contribution in [1.82, 2.24) is 0 Å². The first-order valence-corrected chi connectivity index (χ1v) is 12.6. The van der Waals surface area contributed by atoms with Crippen LogP contribution in [0.5, 0.6) is 0 Å². The molecule has 10 nitrogen and oxygen atoms in total. The lowest BCUT2D eigenvalue weighted by Gasteiger charge is -2.24. The normalized spacial score (nSPS) is 13.5. The number of carbonyl (C=O) groups excluding carboxylic acids is 2. The number of rotatable bonds is 8. The van der Waals surface area contributed by atoms with Crippen molar-refractivity contribution < 1.29 is 22.9 Å². The van der Waals surface area contributed by atoms with Crippen LogP contribution in [-0.4, -0.2) is 38.2 Å². The number of nitro groups is 1. The highest BCUT2D eigenvalue weighted by Crippen LogP contribution is 2.28. The van der Waals surface area contributed by atoms with Crippen LogP contribution in [0.2, 0.25) is 0 Å². The van der Waals surface area contributed by atoms with Gasteiger partial charge in [0.15, 0.2) is 0 Å². The number of nitrogens with zero attached hydrogens (tertiary/aromatic N) is 3. The summed E-state index contributed by atoms with van der Waals surface area (Å²) in [6, 6.07) is 17.7. The molecule has 1 aliphatic rings. The fraction of sp³-hybridized carbons (Fsp3) is 0.200. The lowest BCUT2D eigenvalue weighted by molar-refractivity contribution is -0.384. The average Bonchev–Trinajstić information content (AvgIpc) is 3.28. The molecule has 0 aromatic heterocycles. The molecule has 3 aromatic carbocycles. The Labute approximate surface area is 208 Å². The Kier molecular flexibility index (Phi) is 7.02. The first-order chi connectivity index (χ1) is 17.2. The van der Waals surface area contributed by atoms with Gasteiger partial charge in [0, 0.05) is 36.5 Å². The molecule has 3 aromatic rings. The first kappa shape index (κ1) is 24.9. The molecule has 0 unspecified atom stereocenters. The molecule has 1 saturated heterocycles. The molecule has 11 heteroatoms. The van der Waals surface area contributed by atoms with E-state index in [4.69, 9.17) is 0 Å². The monoisotopic (exact) mass is 508 g/mol. The van der Waals surface area contributed by atoms with Gasteiger partial charge in [-0.3, -0.25) is 24.0 Å². The van der Waals surface area contributed by atoms with E-state index in [1.54, 1.807) is 41.3 Å². The molecule has 0 radical (unpaired) electrons. The molecule has 1 fully saturated rings. The van der Waals surface area contributed by atoms with Gasteiger partial charge in [0.25, 0.3) is 15.7 Å². The Balaban J connectivity index is 1.59. The molecule has 0 bridgehead atoms. The second kappa shape index (κ2) is 10.2. The summed E-state index contributed by atoms with van der Waals surface area (Å²) in [4.78, 5) is 37.2. The topological polar surface area (TPSA) is 130 Å². The van der Waals surface area contributed by atoms with Crippen molar-refractivity contribution in [3.05, 3.63) is 88.5 Å². The van der Waals surface area contributed by atoms with E-state index in [1.165, 1.54) is 36.4 Å². The minimum Gasteiger partial charge on any atom is -0.325 e. The molecule has 1 N–H and O–H groups in total. The van der Waals surface area contributed by atoms with E-state index in [2.05, 4.69) is 5.32 Å². The van der Waals surface area contributed by atoms with Gasteiger partial charge in [0.05, 0.1) is 15.5 Å². The second-order valence-corrected chi connectivity index (χ2v) is 10.2. The van der Waals surface area contributed by atoms with Gasteiger partial charge in [-0.1, -0.05) is 18.2 Å². The highest BCUT2D eigenvalue weighted by Gasteiger charge is 2.28. The predicted octanol–water partition coefficient (Wildman–Crippen LogP) is 3.86. The van der Waals surface area contributed by atoms with Crippen LogP contribution in [-0.2, 0) is 19.6 Å². The third-order valence-corrected chi connectivity index (χ3v) is 7.60. The Bertz CT molecular complexity index is 1410. The van der Waals surface area contributed by atoms with E-state index in [0.29, 0.717) is 18.7 Å². The van der Waals surface area contributed by atoms with Crippen LogP contribution < -0.4 is 14.5 Å². The summed E-state index contributed by atoms with van der Waals surface area (Å²) >= 11 is 0. The minimum atomic E-state index is -4.15. The molecule has 0 saturated carbocycles. The molecule has 2 amide bonds. The highest BCUT2D eigenvalue weighted by molar-refractivity contribution is 7.92. The summed E-state index contributed by atoms with van der Waals surface area (Å²) in [6.07, 6.45) is 1.30. The molecule has 186 valence electrons. The molecule has 36 heavy (non-hydrogen) atoms. The summed E-state index contributed by atoms with van der Waals surface area (Å²) in [5.74, 6) is -0.544. The Morgan fingerprint density at radius 2 is 1.78 bits per heavy atom. The van der Waals surface area contributed by atoms with E-state index < -0.39 is 27.4 Å². The van der Waals surface area contributed by atoms with Gasteiger partial charge in [-0.05, 0) is 61.4 Å². The number of carbonyl (C=O) groups is 2. The Morgan fingerprint density at radius 3 is 2.36 bits per heavy atom. The zero-order valence-electron chi connectivity index (χ0n) is 19.5. The number of non-ortho nitro benzene ring substituents is 1. The third-order valence-electron chi connectivity index (χ3n) is 5.81. The second-order valence-electron chi connectivity index (χ2n) is 8.30. The average molecular weight is 509 g/mol. The van der Waals surface area contributed by atoms with E-state index >= 15 is 0 Å². The SMILES string of the molecule is Cc1cc(NC(=O)CN(c2ccc([N+](=O)[O-])cc2)S(=O)(=O)c2ccccc2)ccc1N1CCCC1=O. The zero-order valence-corrected chi connectivity index (χ0v) is 20.3. The zero-order chi connectivity index (χ0) is 25.9. The van der Waals surface area contributed by atoms with Gasteiger partial charge >= 0.3 is 0 Å². The maximum absolute atomic E-state index is 13.4. The molecule has 0 aliphatic carbocycles. The van der Waals surface area contributed by atoms with Gasteiger partial charge in [-0.15, -0.1) is 0 Å². The standard InChI is InChI=1S/C25H24N4O6S/c1-18-16-19(9-14-23(18)27-15-5-8-25(27)31)26-24(30)17-28(20-10-12-21(13-11-20)29(32)33)36(34,35)22-6-3-2-4-7-22/h2-4,6-7,9-14,16H,5,8,15,17H2,1H3,(H,26,30). The predicted molar refractivity (Wildman–Crippen MR) is 135 cm³/mol. The maximum Gasteiger partial charge on any atom is 0.269 e. The maximum atomic E-state index is 13.4. The number of amides is 2. The van der Waals surface area contributed by atoms with E-state index in [9.17, 15) is 28.1 Å². The molecule has 4 rings (SSSR count). The van der Waals surface area contributed by atoms with Crippen LogP contribution in [0, 0.1) is 17.0 Å². The largest absolute Gasteiger partial charge is 0.325 e. The van der Waals surface area contributed by atoms with Gasteiger partial charge in [-0.25, -0.2) is 8.42 Å². The molecular weight excluding hydrogens is 484 g/mol. The quantitative estimate of drug-likeness (QED) is 0.363. The van der Waals surface area contributed by atoms with Crippen LogP contribution >= 0.6 is 0 Å². The molecule has 0 atom stereocenters. The van der Waals surface area contributed by atoms with Gasteiger partial charge in [-0.2, -0.15) is 0 Å². The van der Waals surface area contributed by atoms with Gasteiger partial charge in [0.2, 0.25) is 11.8 Å². The van der Waals surface area contributed by atoms with E-state index in [-0.39, 0.29) is 22.2 Å². The number of benzene rings is 3. The van der Waals surface area contributed by atoms with Crippen molar-refractivity contribution >= 4 is 44.6 Å². The number of nitro benzene ring substituents is 1. The van der Waals surface area contributed by atoms with Crippen LogP contribution in [0.3, 0.4) is 0 Å². The molecular formula is C25H24N4O6S. The fourth-order valence-electron chi connectivity index (χ4n) is 4.05. The summed E-state index contributed by atoms with van der Waals surface area (Å²) in [5.41, 5.74) is 1.93. The van der Waals surface area contributed by atoms with E-state index in [0.717, 1.165) is 22.0 Å². The number of hydrogen-bond donors (Lipinski definition) is 1. The summed E-state index contributed by atoms with van der Waals surface area (Å²) in [7, 11) is -4.15. The van der Waals surface area contributed by atoms with Crippen molar-refractivity contribution in [1.29, 1.82) is 0 Å². The lowest BCUT2D eigenvalue weighted by atomic mass is 10.1. The number of sulfonamides is 1. The molecule has 1 heterocycles. The van der Waals surface area contributed by atoms with Crippen molar-refractivity contribution in [3.63, 3.8) is 0 Å². The molecule has 1 aliphatic heterocycles. The lowest BCUT2D eigenvalue weighted by Crippen LogP contribution is -2.38. The summed E-state index contributed by atoms with van der Waals surface area (Å²) < 4.78 is 27.7. The van der Waals surface area contributed by atoms with Crippen LogP contribution in [0.1, 0.15) is 18.4 Å². The highest BCUT2D eigenvalue weighted by atomic mass is 32.2. The van der Waals surface area contributed by atoms with Crippen molar-refractivity contribution in [2.24, 2.45) is 0 Å². The Morgan fingerprint density at radius 1 is 1.08 bits per heavy atom. The summed E-state index contributed by atoms with van der Waals surface area (Å²) in [6.45, 7) is 1.92. The van der Waals surface area contributed by atoms with Gasteiger partial charge in [0.1, 0.15) is 6.54 Å².